The van der Waals surface area contributed by atoms with Crippen molar-refractivity contribution in [3.63, 3.8) is 0 Å². The first-order chi connectivity index (χ1) is 16.6. The Morgan fingerprint density at radius 2 is 1.85 bits per heavy atom. The Labute approximate surface area is 198 Å². The van der Waals surface area contributed by atoms with Crippen LogP contribution in [0.1, 0.15) is 28.9 Å². The molecule has 3 N–H and O–H groups in total. The Morgan fingerprint density at radius 3 is 2.50 bits per heavy atom. The normalized spacial score (nSPS) is 13.6. The molecule has 174 valence electrons. The van der Waals surface area contributed by atoms with Crippen molar-refractivity contribution < 1.29 is 9.53 Å². The number of amides is 1. The van der Waals surface area contributed by atoms with Gasteiger partial charge in [-0.05, 0) is 50.2 Å². The summed E-state index contributed by atoms with van der Waals surface area (Å²) >= 11 is 0. The molecule has 1 amide bonds. The Morgan fingerprint density at radius 1 is 1.12 bits per heavy atom. The van der Waals surface area contributed by atoms with Gasteiger partial charge in [0.25, 0.3) is 5.91 Å². The van der Waals surface area contributed by atoms with Crippen molar-refractivity contribution >= 4 is 28.9 Å². The number of aromatic nitrogens is 3. The number of ether oxygens (including phenoxy) is 1. The summed E-state index contributed by atoms with van der Waals surface area (Å²) in [4.78, 5) is 27.8. The molecule has 0 saturated carbocycles. The summed E-state index contributed by atoms with van der Waals surface area (Å²) < 4.78 is 5.17. The number of rotatable bonds is 7. The third-order valence-electron chi connectivity index (χ3n) is 5.74. The van der Waals surface area contributed by atoms with Gasteiger partial charge in [0.2, 0.25) is 0 Å². The van der Waals surface area contributed by atoms with E-state index >= 15 is 0 Å². The quantitative estimate of drug-likeness (QED) is 0.489. The van der Waals surface area contributed by atoms with Gasteiger partial charge in [-0.15, -0.1) is 0 Å². The first kappa shape index (κ1) is 22.9. The number of nitrogens with zero attached hydrogens (tertiary/aromatic N) is 5. The molecule has 0 bridgehead atoms. The maximum Gasteiger partial charge on any atom is 0.255 e. The fraction of sp³-hybridized carbons (Fsp3) is 0.292. The van der Waals surface area contributed by atoms with Gasteiger partial charge in [0.1, 0.15) is 23.5 Å². The van der Waals surface area contributed by atoms with Crippen LogP contribution in [0.4, 0.5) is 23.0 Å². The number of carbonyl (C=O) groups is 1. The van der Waals surface area contributed by atoms with E-state index in [0.717, 1.165) is 31.6 Å². The van der Waals surface area contributed by atoms with Crippen molar-refractivity contribution in [1.29, 1.82) is 5.26 Å². The van der Waals surface area contributed by atoms with Crippen molar-refractivity contribution in [2.45, 2.75) is 18.9 Å². The lowest BCUT2D eigenvalue weighted by atomic mass is 10.0. The average Bonchev–Trinajstić information content (AvgIpc) is 2.90. The molecule has 3 aromatic rings. The Balaban J connectivity index is 1.60. The molecule has 4 rings (SSSR count). The summed E-state index contributed by atoms with van der Waals surface area (Å²) in [5, 5.41) is 18.4. The van der Waals surface area contributed by atoms with E-state index in [1.54, 1.807) is 37.6 Å². The van der Waals surface area contributed by atoms with Gasteiger partial charge in [0.05, 0.1) is 37.1 Å². The second kappa shape index (κ2) is 10.6. The molecule has 1 saturated heterocycles. The van der Waals surface area contributed by atoms with E-state index in [9.17, 15) is 4.79 Å². The van der Waals surface area contributed by atoms with E-state index in [4.69, 9.17) is 10.00 Å². The molecule has 34 heavy (non-hydrogen) atoms. The minimum atomic E-state index is -0.233. The van der Waals surface area contributed by atoms with Gasteiger partial charge in [-0.3, -0.25) is 4.79 Å². The Bertz CT molecular complexity index is 1170. The van der Waals surface area contributed by atoms with Crippen molar-refractivity contribution in [1.82, 2.24) is 20.3 Å². The maximum absolute atomic E-state index is 12.9. The summed E-state index contributed by atoms with van der Waals surface area (Å²) in [6.45, 7) is 1.89. The number of hydrogen-bond donors (Lipinski definition) is 3. The van der Waals surface area contributed by atoms with E-state index < -0.39 is 0 Å². The van der Waals surface area contributed by atoms with Crippen LogP contribution in [0.25, 0.3) is 0 Å². The molecular formula is C24H26N8O2. The van der Waals surface area contributed by atoms with Crippen molar-refractivity contribution in [2.24, 2.45) is 0 Å². The van der Waals surface area contributed by atoms with Crippen molar-refractivity contribution in [2.75, 3.05) is 42.8 Å². The van der Waals surface area contributed by atoms with Gasteiger partial charge in [-0.1, -0.05) is 0 Å². The predicted molar refractivity (Wildman–Crippen MR) is 130 cm³/mol. The van der Waals surface area contributed by atoms with Crippen molar-refractivity contribution in [3.8, 4) is 11.8 Å². The van der Waals surface area contributed by atoms with Crippen LogP contribution in [0.3, 0.4) is 0 Å². The van der Waals surface area contributed by atoms with Gasteiger partial charge in [0, 0.05) is 24.7 Å². The number of benzene rings is 1. The highest BCUT2D eigenvalue weighted by atomic mass is 16.5. The standard InChI is InChI=1S/C24H26N8O2/c1-32(18-7-9-26-10-8-18)21-11-22(31-23-15-27-17(12-25)13-28-23)29-14-20(21)30-24(33)16-3-5-19(34-2)6-4-16/h3-6,11,13-15,18,26H,7-10H2,1-2H3,(H,30,33)(H,28,29,31). The fourth-order valence-electron chi connectivity index (χ4n) is 3.81. The highest BCUT2D eigenvalue weighted by Gasteiger charge is 2.22. The van der Waals surface area contributed by atoms with Crippen LogP contribution < -0.4 is 25.6 Å². The fourth-order valence-corrected chi connectivity index (χ4v) is 3.81. The van der Waals surface area contributed by atoms with E-state index in [0.29, 0.717) is 34.7 Å². The predicted octanol–water partition coefficient (Wildman–Crippen LogP) is 2.94. The van der Waals surface area contributed by atoms with Crippen LogP contribution in [-0.4, -0.2) is 54.1 Å². The van der Waals surface area contributed by atoms with E-state index in [1.807, 2.05) is 19.2 Å². The number of hydrogen-bond acceptors (Lipinski definition) is 9. The highest BCUT2D eigenvalue weighted by Crippen LogP contribution is 2.31. The Kier molecular flexibility index (Phi) is 7.15. The molecule has 0 aliphatic carbocycles. The van der Waals surface area contributed by atoms with Crippen LogP contribution in [0.5, 0.6) is 5.75 Å². The van der Waals surface area contributed by atoms with Gasteiger partial charge in [0.15, 0.2) is 5.69 Å². The first-order valence-corrected chi connectivity index (χ1v) is 11.0. The van der Waals surface area contributed by atoms with E-state index in [-0.39, 0.29) is 11.6 Å². The molecule has 10 heteroatoms. The number of nitrogens with one attached hydrogen (secondary N) is 3. The molecule has 0 atom stereocenters. The maximum atomic E-state index is 12.9. The third kappa shape index (κ3) is 5.39. The molecule has 0 unspecified atom stereocenters. The number of anilines is 4. The van der Waals surface area contributed by atoms with Crippen LogP contribution >= 0.6 is 0 Å². The lowest BCUT2D eigenvalue weighted by Crippen LogP contribution is -2.41. The average molecular weight is 459 g/mol. The molecule has 2 aromatic heterocycles. The zero-order valence-electron chi connectivity index (χ0n) is 19.1. The van der Waals surface area contributed by atoms with Crippen LogP contribution in [-0.2, 0) is 0 Å². The molecular weight excluding hydrogens is 432 g/mol. The summed E-state index contributed by atoms with van der Waals surface area (Å²) in [5.74, 6) is 1.48. The molecule has 3 heterocycles. The third-order valence-corrected chi connectivity index (χ3v) is 5.74. The number of methoxy groups -OCH3 is 1. The number of piperidine rings is 1. The smallest absolute Gasteiger partial charge is 0.255 e. The number of pyridine rings is 1. The van der Waals surface area contributed by atoms with E-state index in [2.05, 4.69) is 35.8 Å². The highest BCUT2D eigenvalue weighted by molar-refractivity contribution is 6.06. The lowest BCUT2D eigenvalue weighted by Gasteiger charge is -2.34. The molecule has 1 aliphatic heterocycles. The number of carbonyl (C=O) groups excluding carboxylic acids is 1. The molecule has 1 aliphatic rings. The van der Waals surface area contributed by atoms with Crippen LogP contribution in [0.15, 0.2) is 48.9 Å². The summed E-state index contributed by atoms with van der Waals surface area (Å²) in [7, 11) is 3.61. The first-order valence-electron chi connectivity index (χ1n) is 11.0. The zero-order valence-corrected chi connectivity index (χ0v) is 19.1. The topological polar surface area (TPSA) is 128 Å². The van der Waals surface area contributed by atoms with Crippen molar-refractivity contribution in [3.05, 3.63) is 60.2 Å². The number of nitriles is 1. The molecule has 0 radical (unpaired) electrons. The molecule has 1 fully saturated rings. The monoisotopic (exact) mass is 458 g/mol. The van der Waals surface area contributed by atoms with Gasteiger partial charge in [-0.2, -0.15) is 5.26 Å². The zero-order chi connectivity index (χ0) is 23.9. The summed E-state index contributed by atoms with van der Waals surface area (Å²) in [5.41, 5.74) is 2.21. The van der Waals surface area contributed by atoms with Gasteiger partial charge >= 0.3 is 0 Å². The molecule has 1 aromatic carbocycles. The SMILES string of the molecule is COc1ccc(C(=O)Nc2cnc(Nc3cnc(C#N)cn3)cc2N(C)C2CCNCC2)cc1. The largest absolute Gasteiger partial charge is 0.497 e. The molecule has 10 nitrogen and oxygen atoms in total. The van der Waals surface area contributed by atoms with Gasteiger partial charge in [-0.25, -0.2) is 15.0 Å². The second-order valence-electron chi connectivity index (χ2n) is 7.89. The lowest BCUT2D eigenvalue weighted by molar-refractivity contribution is 0.102. The van der Waals surface area contributed by atoms with E-state index in [1.165, 1.54) is 12.4 Å². The summed E-state index contributed by atoms with van der Waals surface area (Å²) in [6, 6.07) is 11.1. The minimum Gasteiger partial charge on any atom is -0.497 e. The van der Waals surface area contributed by atoms with Gasteiger partial charge < -0.3 is 25.6 Å². The Hall–Kier alpha value is -4.23. The van der Waals surface area contributed by atoms with Crippen LogP contribution in [0.2, 0.25) is 0 Å². The second-order valence-corrected chi connectivity index (χ2v) is 7.89. The minimum absolute atomic E-state index is 0.233. The summed E-state index contributed by atoms with van der Waals surface area (Å²) in [6.07, 6.45) is 6.50. The molecule has 0 spiro atoms. The van der Waals surface area contributed by atoms with Crippen LogP contribution in [0, 0.1) is 11.3 Å².